The van der Waals surface area contributed by atoms with Crippen LogP contribution in [0.4, 0.5) is 0 Å². The number of amides is 1. The lowest BCUT2D eigenvalue weighted by Gasteiger charge is -2.06. The van der Waals surface area contributed by atoms with Gasteiger partial charge < -0.3 is 10.3 Å². The van der Waals surface area contributed by atoms with Crippen molar-refractivity contribution in [1.82, 2.24) is 10.3 Å². The molecule has 0 bridgehead atoms. The fourth-order valence-electron chi connectivity index (χ4n) is 2.22. The Kier molecular flexibility index (Phi) is 4.05. The number of aromatic nitrogens is 1. The first-order chi connectivity index (χ1) is 9.04. The van der Waals surface area contributed by atoms with Crippen LogP contribution >= 0.6 is 0 Å². The highest BCUT2D eigenvalue weighted by molar-refractivity contribution is 5.78. The van der Waals surface area contributed by atoms with E-state index in [1.165, 1.54) is 5.56 Å². The highest BCUT2D eigenvalue weighted by Gasteiger charge is 2.07. The Labute approximate surface area is 114 Å². The van der Waals surface area contributed by atoms with Crippen molar-refractivity contribution in [2.75, 3.05) is 0 Å². The van der Waals surface area contributed by atoms with E-state index in [-0.39, 0.29) is 5.91 Å². The number of hydrogen-bond donors (Lipinski definition) is 2. The van der Waals surface area contributed by atoms with Gasteiger partial charge in [-0.15, -0.1) is 0 Å². The molecule has 0 aliphatic rings. The molecule has 100 valence electrons. The van der Waals surface area contributed by atoms with Gasteiger partial charge in [-0.1, -0.05) is 29.8 Å². The van der Waals surface area contributed by atoms with Crippen molar-refractivity contribution in [1.29, 1.82) is 0 Å². The number of aryl methyl sites for hydroxylation is 3. The number of carbonyl (C=O) groups is 1. The Morgan fingerprint density at radius 3 is 2.63 bits per heavy atom. The molecule has 0 spiro atoms. The minimum Gasteiger partial charge on any atom is -0.362 e. The van der Waals surface area contributed by atoms with Crippen LogP contribution in [0.5, 0.6) is 0 Å². The van der Waals surface area contributed by atoms with Gasteiger partial charge in [0.1, 0.15) is 0 Å². The quantitative estimate of drug-likeness (QED) is 0.868. The van der Waals surface area contributed by atoms with Crippen LogP contribution in [0.1, 0.15) is 28.1 Å². The zero-order valence-corrected chi connectivity index (χ0v) is 11.7. The molecule has 0 radical (unpaired) electrons. The van der Waals surface area contributed by atoms with E-state index in [1.807, 2.05) is 32.0 Å². The molecule has 0 unspecified atom stereocenters. The molecule has 0 saturated heterocycles. The summed E-state index contributed by atoms with van der Waals surface area (Å²) >= 11 is 0. The standard InChI is InChI=1S/C16H20N2O/c1-11-5-4-6-14(7-11)10-17-16(19)9-15-8-12(2)18-13(15)3/h4-8,18H,9-10H2,1-3H3,(H,17,19). The van der Waals surface area contributed by atoms with Gasteiger partial charge in [0.2, 0.25) is 5.91 Å². The van der Waals surface area contributed by atoms with Gasteiger partial charge >= 0.3 is 0 Å². The predicted octanol–water partition coefficient (Wildman–Crippen LogP) is 2.80. The molecule has 1 amide bonds. The average Bonchev–Trinajstić information content (AvgIpc) is 2.65. The van der Waals surface area contributed by atoms with Gasteiger partial charge in [-0.2, -0.15) is 0 Å². The maximum absolute atomic E-state index is 11.9. The normalized spacial score (nSPS) is 10.5. The summed E-state index contributed by atoms with van der Waals surface area (Å²) in [4.78, 5) is 15.1. The lowest BCUT2D eigenvalue weighted by atomic mass is 10.1. The van der Waals surface area contributed by atoms with Crippen LogP contribution in [0.2, 0.25) is 0 Å². The Hall–Kier alpha value is -2.03. The number of benzene rings is 1. The largest absolute Gasteiger partial charge is 0.362 e. The summed E-state index contributed by atoms with van der Waals surface area (Å²) in [6.07, 6.45) is 0.433. The van der Waals surface area contributed by atoms with E-state index < -0.39 is 0 Å². The van der Waals surface area contributed by atoms with E-state index in [2.05, 4.69) is 29.4 Å². The minimum absolute atomic E-state index is 0.0589. The molecule has 3 heteroatoms. The van der Waals surface area contributed by atoms with Gasteiger partial charge in [0, 0.05) is 17.9 Å². The summed E-state index contributed by atoms with van der Waals surface area (Å²) in [5, 5.41) is 2.96. The van der Waals surface area contributed by atoms with E-state index in [1.54, 1.807) is 0 Å². The summed E-state index contributed by atoms with van der Waals surface area (Å²) in [7, 11) is 0. The molecule has 2 N–H and O–H groups in total. The zero-order chi connectivity index (χ0) is 13.8. The molecule has 19 heavy (non-hydrogen) atoms. The highest BCUT2D eigenvalue weighted by atomic mass is 16.1. The molecule has 0 saturated carbocycles. The van der Waals surface area contributed by atoms with Crippen LogP contribution in [0.25, 0.3) is 0 Å². The third-order valence-corrected chi connectivity index (χ3v) is 3.18. The monoisotopic (exact) mass is 256 g/mol. The molecule has 1 aromatic carbocycles. The van der Waals surface area contributed by atoms with Gasteiger partial charge in [-0.05, 0) is 38.0 Å². The third kappa shape index (κ3) is 3.71. The number of aromatic amines is 1. The first-order valence-electron chi connectivity index (χ1n) is 6.52. The number of carbonyl (C=O) groups excluding carboxylic acids is 1. The summed E-state index contributed by atoms with van der Waals surface area (Å²) in [5.41, 5.74) is 5.58. The second-order valence-corrected chi connectivity index (χ2v) is 5.05. The molecular weight excluding hydrogens is 236 g/mol. The first kappa shape index (κ1) is 13.4. The molecule has 0 fully saturated rings. The van der Waals surface area contributed by atoms with Gasteiger partial charge in [0.15, 0.2) is 0 Å². The van der Waals surface area contributed by atoms with Gasteiger partial charge in [0.25, 0.3) is 0 Å². The summed E-state index contributed by atoms with van der Waals surface area (Å²) in [5.74, 6) is 0.0589. The Morgan fingerprint density at radius 1 is 1.21 bits per heavy atom. The van der Waals surface area contributed by atoms with Crippen molar-refractivity contribution in [2.45, 2.75) is 33.7 Å². The van der Waals surface area contributed by atoms with Crippen molar-refractivity contribution in [3.8, 4) is 0 Å². The van der Waals surface area contributed by atoms with E-state index in [0.717, 1.165) is 22.5 Å². The molecule has 3 nitrogen and oxygen atoms in total. The van der Waals surface area contributed by atoms with Crippen molar-refractivity contribution in [3.05, 3.63) is 58.4 Å². The molecule has 2 rings (SSSR count). The Balaban J connectivity index is 1.90. The summed E-state index contributed by atoms with van der Waals surface area (Å²) < 4.78 is 0. The molecular formula is C16H20N2O. The van der Waals surface area contributed by atoms with Crippen molar-refractivity contribution >= 4 is 5.91 Å². The summed E-state index contributed by atoms with van der Waals surface area (Å²) in [6, 6.07) is 10.2. The molecule has 0 aliphatic carbocycles. The average molecular weight is 256 g/mol. The van der Waals surface area contributed by atoms with Crippen LogP contribution in [-0.2, 0) is 17.8 Å². The molecule has 1 heterocycles. The number of H-pyrrole nitrogens is 1. The van der Waals surface area contributed by atoms with E-state index in [9.17, 15) is 4.79 Å². The topological polar surface area (TPSA) is 44.9 Å². The maximum atomic E-state index is 11.9. The fourth-order valence-corrected chi connectivity index (χ4v) is 2.22. The molecule has 1 aromatic heterocycles. The summed E-state index contributed by atoms with van der Waals surface area (Å²) in [6.45, 7) is 6.64. The van der Waals surface area contributed by atoms with Crippen LogP contribution in [0.15, 0.2) is 30.3 Å². The molecule has 0 aliphatic heterocycles. The van der Waals surface area contributed by atoms with Crippen LogP contribution < -0.4 is 5.32 Å². The van der Waals surface area contributed by atoms with E-state index in [0.29, 0.717) is 13.0 Å². The second kappa shape index (κ2) is 5.74. The van der Waals surface area contributed by atoms with Gasteiger partial charge in [-0.25, -0.2) is 0 Å². The zero-order valence-electron chi connectivity index (χ0n) is 11.7. The SMILES string of the molecule is Cc1cccc(CNC(=O)Cc2cc(C)[nH]c2C)c1. The van der Waals surface area contributed by atoms with Crippen molar-refractivity contribution in [3.63, 3.8) is 0 Å². The van der Waals surface area contributed by atoms with Gasteiger partial charge in [-0.3, -0.25) is 4.79 Å². The highest BCUT2D eigenvalue weighted by Crippen LogP contribution is 2.10. The third-order valence-electron chi connectivity index (χ3n) is 3.18. The molecule has 0 atom stereocenters. The number of hydrogen-bond acceptors (Lipinski definition) is 1. The smallest absolute Gasteiger partial charge is 0.224 e. The van der Waals surface area contributed by atoms with Crippen molar-refractivity contribution in [2.24, 2.45) is 0 Å². The van der Waals surface area contributed by atoms with Gasteiger partial charge in [0.05, 0.1) is 6.42 Å². The fraction of sp³-hybridized carbons (Fsp3) is 0.312. The van der Waals surface area contributed by atoms with Crippen LogP contribution in [-0.4, -0.2) is 10.9 Å². The number of rotatable bonds is 4. The lowest BCUT2D eigenvalue weighted by molar-refractivity contribution is -0.120. The number of nitrogens with one attached hydrogen (secondary N) is 2. The Morgan fingerprint density at radius 2 is 2.00 bits per heavy atom. The molecule has 2 aromatic rings. The van der Waals surface area contributed by atoms with E-state index in [4.69, 9.17) is 0 Å². The predicted molar refractivity (Wildman–Crippen MR) is 77.0 cm³/mol. The van der Waals surface area contributed by atoms with Crippen LogP contribution in [0, 0.1) is 20.8 Å². The van der Waals surface area contributed by atoms with Crippen molar-refractivity contribution < 1.29 is 4.79 Å². The maximum Gasteiger partial charge on any atom is 0.224 e. The van der Waals surface area contributed by atoms with Crippen LogP contribution in [0.3, 0.4) is 0 Å². The van der Waals surface area contributed by atoms with E-state index >= 15 is 0 Å². The minimum atomic E-state index is 0.0589. The lowest BCUT2D eigenvalue weighted by Crippen LogP contribution is -2.24. The second-order valence-electron chi connectivity index (χ2n) is 5.05. The Bertz CT molecular complexity index is 584. The first-order valence-corrected chi connectivity index (χ1v) is 6.52.